The fraction of sp³-hybridized carbons (Fsp3) is 0.154. The van der Waals surface area contributed by atoms with Crippen LogP contribution in [0.4, 0.5) is 11.4 Å². The van der Waals surface area contributed by atoms with E-state index in [0.29, 0.717) is 22.5 Å². The molecule has 3 N–H and O–H groups in total. The largest absolute Gasteiger partial charge is 0.507 e. The van der Waals surface area contributed by atoms with Crippen LogP contribution in [0.3, 0.4) is 0 Å². The van der Waals surface area contributed by atoms with E-state index in [2.05, 4.69) is 15.3 Å². The highest BCUT2D eigenvalue weighted by Crippen LogP contribution is 2.39. The number of hydrogen-bond donors (Lipinski definition) is 3. The van der Waals surface area contributed by atoms with E-state index < -0.39 is 11.5 Å². The number of aromatic hydroxyl groups is 1. The van der Waals surface area contributed by atoms with E-state index in [1.54, 1.807) is 31.2 Å². The number of nitrogens with zero attached hydrogens (tertiary/aromatic N) is 3. The first kappa shape index (κ1) is 22.7. The number of benzene rings is 3. The molecule has 0 aliphatic carbocycles. The van der Waals surface area contributed by atoms with Crippen LogP contribution in [0, 0.1) is 27.7 Å². The van der Waals surface area contributed by atoms with Crippen molar-refractivity contribution < 1.29 is 15.0 Å². The van der Waals surface area contributed by atoms with Crippen LogP contribution in [-0.2, 0) is 0 Å². The van der Waals surface area contributed by atoms with Crippen molar-refractivity contribution in [3.63, 3.8) is 0 Å². The Morgan fingerprint density at radius 3 is 2.32 bits per heavy atom. The van der Waals surface area contributed by atoms with Gasteiger partial charge in [-0.1, -0.05) is 29.8 Å². The number of H-pyrrole nitrogens is 1. The molecule has 0 unspecified atom stereocenters. The van der Waals surface area contributed by atoms with Gasteiger partial charge < -0.3 is 10.2 Å². The van der Waals surface area contributed by atoms with Crippen molar-refractivity contribution in [1.82, 2.24) is 9.78 Å². The predicted octanol–water partition coefficient (Wildman–Crippen LogP) is 5.89. The summed E-state index contributed by atoms with van der Waals surface area (Å²) in [6.07, 6.45) is 0. The van der Waals surface area contributed by atoms with Gasteiger partial charge in [-0.2, -0.15) is 0 Å². The van der Waals surface area contributed by atoms with Crippen LogP contribution < -0.4 is 5.56 Å². The van der Waals surface area contributed by atoms with Crippen LogP contribution in [0.15, 0.2) is 69.6 Å². The minimum atomic E-state index is -1.19. The number of phenolic OH excluding ortho intramolecular Hbond substituents is 1. The number of aromatic nitrogens is 2. The molecule has 1 aromatic heterocycles. The molecule has 8 heteroatoms. The first-order valence-electron chi connectivity index (χ1n) is 10.6. The van der Waals surface area contributed by atoms with E-state index in [-0.39, 0.29) is 22.7 Å². The summed E-state index contributed by atoms with van der Waals surface area (Å²) < 4.78 is 1.38. The minimum absolute atomic E-state index is 0.0143. The number of aromatic amines is 1. The first-order chi connectivity index (χ1) is 16.2. The summed E-state index contributed by atoms with van der Waals surface area (Å²) in [7, 11) is 0. The third-order valence-corrected chi connectivity index (χ3v) is 5.75. The maximum Gasteiger partial charge on any atom is 0.337 e. The van der Waals surface area contributed by atoms with E-state index in [0.717, 1.165) is 16.7 Å². The fourth-order valence-corrected chi connectivity index (χ4v) is 3.71. The summed E-state index contributed by atoms with van der Waals surface area (Å²) in [5.41, 5.74) is 4.62. The Bertz CT molecular complexity index is 1510. The molecule has 4 rings (SSSR count). The fourth-order valence-electron chi connectivity index (χ4n) is 3.71. The number of phenols is 1. The van der Waals surface area contributed by atoms with E-state index in [4.69, 9.17) is 0 Å². The van der Waals surface area contributed by atoms with Gasteiger partial charge >= 0.3 is 5.97 Å². The van der Waals surface area contributed by atoms with Crippen molar-refractivity contribution in [3.8, 4) is 22.6 Å². The van der Waals surface area contributed by atoms with Gasteiger partial charge in [0.15, 0.2) is 5.69 Å². The molecule has 0 saturated carbocycles. The minimum Gasteiger partial charge on any atom is -0.507 e. The Labute approximate surface area is 195 Å². The molecular formula is C26H24N4O4. The van der Waals surface area contributed by atoms with Crippen LogP contribution in [0.1, 0.15) is 32.7 Å². The molecule has 0 aliphatic heterocycles. The summed E-state index contributed by atoms with van der Waals surface area (Å²) in [6, 6.07) is 15.3. The summed E-state index contributed by atoms with van der Waals surface area (Å²) in [4.78, 5) is 25.0. The highest BCUT2D eigenvalue weighted by atomic mass is 16.4. The lowest BCUT2D eigenvalue weighted by Gasteiger charge is -2.10. The lowest BCUT2D eigenvalue weighted by atomic mass is 9.98. The maximum atomic E-state index is 13.1. The SMILES string of the molecule is Cc1ccc(O)c(-c2cccc(C(=O)O)c2N=Nc2c(C)[nH]n(-c3ccc(C)c(C)c3)c2=O)c1. The van der Waals surface area contributed by atoms with Gasteiger partial charge in [0.1, 0.15) is 11.4 Å². The Morgan fingerprint density at radius 1 is 0.882 bits per heavy atom. The average molecular weight is 457 g/mol. The molecule has 0 aliphatic rings. The summed E-state index contributed by atoms with van der Waals surface area (Å²) in [5, 5.41) is 31.5. The quantitative estimate of drug-likeness (QED) is 0.325. The maximum absolute atomic E-state index is 13.1. The molecule has 0 saturated heterocycles. The van der Waals surface area contributed by atoms with E-state index in [9.17, 15) is 19.8 Å². The lowest BCUT2D eigenvalue weighted by molar-refractivity contribution is 0.0697. The predicted molar refractivity (Wildman–Crippen MR) is 130 cm³/mol. The van der Waals surface area contributed by atoms with E-state index in [1.807, 2.05) is 39.0 Å². The Balaban J connectivity index is 1.86. The molecule has 172 valence electrons. The zero-order valence-electron chi connectivity index (χ0n) is 19.2. The average Bonchev–Trinajstić information content (AvgIpc) is 3.08. The normalized spacial score (nSPS) is 11.3. The van der Waals surface area contributed by atoms with Crippen molar-refractivity contribution in [2.75, 3.05) is 0 Å². The molecule has 4 aromatic rings. The van der Waals surface area contributed by atoms with Gasteiger partial charge in [0.25, 0.3) is 5.56 Å². The molecule has 3 aromatic carbocycles. The highest BCUT2D eigenvalue weighted by Gasteiger charge is 2.19. The van der Waals surface area contributed by atoms with Crippen molar-refractivity contribution in [2.24, 2.45) is 10.2 Å². The third-order valence-electron chi connectivity index (χ3n) is 5.75. The molecule has 0 spiro atoms. The highest BCUT2D eigenvalue weighted by molar-refractivity contribution is 5.98. The Morgan fingerprint density at radius 2 is 1.62 bits per heavy atom. The zero-order valence-corrected chi connectivity index (χ0v) is 19.2. The Kier molecular flexibility index (Phi) is 5.89. The molecule has 0 amide bonds. The summed E-state index contributed by atoms with van der Waals surface area (Å²) in [5.74, 6) is -1.21. The molecule has 0 atom stereocenters. The van der Waals surface area contributed by atoms with Gasteiger partial charge in [0.05, 0.1) is 16.9 Å². The molecule has 8 nitrogen and oxygen atoms in total. The van der Waals surface area contributed by atoms with Crippen LogP contribution >= 0.6 is 0 Å². The van der Waals surface area contributed by atoms with Crippen molar-refractivity contribution in [3.05, 3.63) is 92.9 Å². The first-order valence-corrected chi connectivity index (χ1v) is 10.6. The zero-order chi connectivity index (χ0) is 24.6. The van der Waals surface area contributed by atoms with Crippen LogP contribution in [0.2, 0.25) is 0 Å². The molecule has 0 radical (unpaired) electrons. The van der Waals surface area contributed by atoms with Crippen molar-refractivity contribution in [2.45, 2.75) is 27.7 Å². The van der Waals surface area contributed by atoms with Crippen molar-refractivity contribution in [1.29, 1.82) is 0 Å². The second kappa shape index (κ2) is 8.82. The van der Waals surface area contributed by atoms with Gasteiger partial charge in [-0.25, -0.2) is 9.48 Å². The summed E-state index contributed by atoms with van der Waals surface area (Å²) in [6.45, 7) is 7.52. The van der Waals surface area contributed by atoms with Gasteiger partial charge in [0, 0.05) is 11.1 Å². The van der Waals surface area contributed by atoms with E-state index >= 15 is 0 Å². The Hall–Kier alpha value is -4.46. The van der Waals surface area contributed by atoms with Crippen molar-refractivity contribution >= 4 is 17.3 Å². The molecule has 1 heterocycles. The number of carboxylic acids is 1. The van der Waals surface area contributed by atoms with Gasteiger partial charge in [0.2, 0.25) is 0 Å². The molecule has 34 heavy (non-hydrogen) atoms. The topological polar surface area (TPSA) is 120 Å². The second-order valence-corrected chi connectivity index (χ2v) is 8.22. The molecular weight excluding hydrogens is 432 g/mol. The number of hydrogen-bond acceptors (Lipinski definition) is 5. The number of nitrogens with one attached hydrogen (secondary N) is 1. The summed E-state index contributed by atoms with van der Waals surface area (Å²) >= 11 is 0. The molecule has 0 fully saturated rings. The monoisotopic (exact) mass is 456 g/mol. The third kappa shape index (κ3) is 4.13. The van der Waals surface area contributed by atoms with Crippen LogP contribution in [-0.4, -0.2) is 26.0 Å². The number of azo groups is 1. The van der Waals surface area contributed by atoms with Crippen LogP contribution in [0.5, 0.6) is 5.75 Å². The number of rotatable bonds is 5. The van der Waals surface area contributed by atoms with Gasteiger partial charge in [-0.05, 0) is 69.2 Å². The number of carbonyl (C=O) groups is 1. The van der Waals surface area contributed by atoms with Gasteiger partial charge in [-0.3, -0.25) is 9.89 Å². The molecule has 0 bridgehead atoms. The lowest BCUT2D eigenvalue weighted by Crippen LogP contribution is -2.14. The number of carboxylic acid groups (broad SMARTS) is 1. The second-order valence-electron chi connectivity index (χ2n) is 8.22. The smallest absolute Gasteiger partial charge is 0.337 e. The number of aromatic carboxylic acids is 1. The van der Waals surface area contributed by atoms with Gasteiger partial charge in [-0.15, -0.1) is 10.2 Å². The van der Waals surface area contributed by atoms with Crippen LogP contribution in [0.25, 0.3) is 16.8 Å². The standard InChI is InChI=1S/C26H24N4O4/c1-14-8-11-22(31)21(12-14)19-6-5-7-20(26(33)34)24(19)28-27-23-17(4)29-30(25(23)32)18-10-9-15(2)16(3)13-18/h5-13,29,31H,1-4H3,(H,33,34). The van der Waals surface area contributed by atoms with E-state index in [1.165, 1.54) is 16.8 Å². The number of aryl methyl sites for hydroxylation is 4.